The minimum absolute atomic E-state index is 0.241. The number of fused-ring (bicyclic) bond motifs is 2. The predicted octanol–water partition coefficient (Wildman–Crippen LogP) is 8.65. The highest BCUT2D eigenvalue weighted by Gasteiger charge is 2.20. The van der Waals surface area contributed by atoms with Crippen LogP contribution in [0.1, 0.15) is 61.3 Å². The van der Waals surface area contributed by atoms with Crippen molar-refractivity contribution in [2.75, 3.05) is 52.5 Å². The number of likely N-dealkylation sites (N-methyl/N-ethyl adjacent to an activating group) is 2. The first-order valence-electron chi connectivity index (χ1n) is 17.7. The third-order valence-electron chi connectivity index (χ3n) is 8.67. The molecule has 5 aromatic carbocycles. The Morgan fingerprint density at radius 2 is 0.900 bits per heavy atom. The van der Waals surface area contributed by atoms with Gasteiger partial charge in [-0.1, -0.05) is 82.3 Å². The summed E-state index contributed by atoms with van der Waals surface area (Å²) in [6.07, 6.45) is 2.12. The molecule has 0 amide bonds. The van der Waals surface area contributed by atoms with E-state index in [1.165, 1.54) is 6.07 Å². The lowest BCUT2D eigenvalue weighted by Gasteiger charge is -2.20. The molecule has 8 heteroatoms. The molecule has 0 radical (unpaired) electrons. The minimum atomic E-state index is -0.565. The summed E-state index contributed by atoms with van der Waals surface area (Å²) < 4.78 is 24.1. The van der Waals surface area contributed by atoms with E-state index in [0.717, 1.165) is 73.7 Å². The van der Waals surface area contributed by atoms with Crippen LogP contribution < -0.4 is 18.9 Å². The molecule has 0 saturated carbocycles. The minimum Gasteiger partial charge on any atom is -0.491 e. The summed E-state index contributed by atoms with van der Waals surface area (Å²) >= 11 is 0. The normalized spacial score (nSPS) is 11.3. The highest BCUT2D eigenvalue weighted by molar-refractivity contribution is 6.01. The van der Waals surface area contributed by atoms with Gasteiger partial charge in [-0.25, -0.2) is 9.59 Å². The Morgan fingerprint density at radius 1 is 0.500 bits per heavy atom. The van der Waals surface area contributed by atoms with Gasteiger partial charge in [0.2, 0.25) is 0 Å². The first-order valence-corrected chi connectivity index (χ1v) is 17.7. The summed E-state index contributed by atoms with van der Waals surface area (Å²) in [5, 5.41) is 3.73. The molecular weight excluding hydrogens is 628 g/mol. The molecule has 8 nitrogen and oxygen atoms in total. The van der Waals surface area contributed by atoms with Crippen LogP contribution in [0.15, 0.2) is 97.1 Å². The van der Waals surface area contributed by atoms with Crippen LogP contribution in [0.5, 0.6) is 23.0 Å². The maximum atomic E-state index is 13.6. The second-order valence-corrected chi connectivity index (χ2v) is 12.2. The van der Waals surface area contributed by atoms with Crippen LogP contribution in [0.25, 0.3) is 21.5 Å². The van der Waals surface area contributed by atoms with E-state index in [4.69, 9.17) is 18.9 Å². The van der Waals surface area contributed by atoms with Gasteiger partial charge in [-0.05, 0) is 97.0 Å². The lowest BCUT2D eigenvalue weighted by Crippen LogP contribution is -2.29. The smallest absolute Gasteiger partial charge is 0.347 e. The Morgan fingerprint density at radius 3 is 1.28 bits per heavy atom. The summed E-state index contributed by atoms with van der Waals surface area (Å²) in [6.45, 7) is 14.8. The molecule has 0 atom stereocenters. The Labute approximate surface area is 295 Å². The first kappa shape index (κ1) is 36.4. The van der Waals surface area contributed by atoms with Crippen LogP contribution in [0.2, 0.25) is 0 Å². The summed E-state index contributed by atoms with van der Waals surface area (Å²) in [5.41, 5.74) is 0.645. The standard InChI is InChI=1S/C42H48N2O6/c1-5-20-43(7-3)22-24-47-39-28-33-16-11-9-14-31(33)26-37(39)41(45)49-35-18-13-19-36(30-35)50-42(46)38-27-32-15-10-12-17-34(32)29-40(38)48-25-23-44(8-4)21-6-2/h9-19,26-30H,5-8,20-25H2,1-4H3. The number of carbonyl (C=O) groups is 2. The Kier molecular flexibility index (Phi) is 13.2. The number of rotatable bonds is 18. The quantitative estimate of drug-likeness (QED) is 0.0674. The second kappa shape index (κ2) is 18.2. The molecule has 0 aliphatic carbocycles. The van der Waals surface area contributed by atoms with Crippen LogP contribution in [0.3, 0.4) is 0 Å². The van der Waals surface area contributed by atoms with E-state index in [9.17, 15) is 9.59 Å². The van der Waals surface area contributed by atoms with Crippen molar-refractivity contribution >= 4 is 33.5 Å². The van der Waals surface area contributed by atoms with Gasteiger partial charge in [0, 0.05) is 19.2 Å². The average molecular weight is 677 g/mol. The molecule has 0 spiro atoms. The van der Waals surface area contributed by atoms with E-state index in [-0.39, 0.29) is 11.5 Å². The van der Waals surface area contributed by atoms with Crippen molar-refractivity contribution in [3.63, 3.8) is 0 Å². The molecule has 0 heterocycles. The average Bonchev–Trinajstić information content (AvgIpc) is 3.13. The summed E-state index contributed by atoms with van der Waals surface area (Å²) in [7, 11) is 0. The molecule has 0 saturated heterocycles. The zero-order valence-corrected chi connectivity index (χ0v) is 29.7. The van der Waals surface area contributed by atoms with E-state index >= 15 is 0 Å². The van der Waals surface area contributed by atoms with Crippen molar-refractivity contribution in [2.24, 2.45) is 0 Å². The number of nitrogens with zero attached hydrogens (tertiary/aromatic N) is 2. The third kappa shape index (κ3) is 9.61. The molecule has 5 rings (SSSR count). The molecule has 5 aromatic rings. The molecule has 0 aromatic heterocycles. The Bertz CT molecular complexity index is 1760. The van der Waals surface area contributed by atoms with Gasteiger partial charge in [-0.3, -0.25) is 0 Å². The summed E-state index contributed by atoms with van der Waals surface area (Å²) in [4.78, 5) is 31.9. The van der Waals surface area contributed by atoms with Crippen molar-refractivity contribution in [3.8, 4) is 23.0 Å². The predicted molar refractivity (Wildman–Crippen MR) is 200 cm³/mol. The molecule has 0 bridgehead atoms. The zero-order chi connectivity index (χ0) is 35.3. The topological polar surface area (TPSA) is 77.5 Å². The van der Waals surface area contributed by atoms with Crippen molar-refractivity contribution in [3.05, 3.63) is 108 Å². The maximum Gasteiger partial charge on any atom is 0.347 e. The zero-order valence-electron chi connectivity index (χ0n) is 29.7. The number of carbonyl (C=O) groups excluding carboxylic acids is 2. The molecule has 0 unspecified atom stereocenters. The SMILES string of the molecule is CCCN(CC)CCOc1cc2ccccc2cc1C(=O)Oc1cccc(OC(=O)c2cc3ccccc3cc2OCCN(CC)CCC)c1. The lowest BCUT2D eigenvalue weighted by atomic mass is 10.1. The van der Waals surface area contributed by atoms with Crippen LogP contribution in [0, 0.1) is 0 Å². The molecule has 50 heavy (non-hydrogen) atoms. The number of hydrogen-bond acceptors (Lipinski definition) is 8. The van der Waals surface area contributed by atoms with Crippen LogP contribution >= 0.6 is 0 Å². The van der Waals surface area contributed by atoms with Crippen LogP contribution in [-0.4, -0.2) is 74.2 Å². The van der Waals surface area contributed by atoms with E-state index in [0.29, 0.717) is 35.8 Å². The Hall–Kier alpha value is -4.92. The van der Waals surface area contributed by atoms with E-state index < -0.39 is 11.9 Å². The summed E-state index contributed by atoms with van der Waals surface area (Å²) in [6, 6.07) is 29.5. The van der Waals surface area contributed by atoms with Crippen molar-refractivity contribution in [2.45, 2.75) is 40.5 Å². The number of esters is 2. The Balaban J connectivity index is 1.32. The first-order chi connectivity index (χ1) is 24.4. The van der Waals surface area contributed by atoms with Gasteiger partial charge < -0.3 is 28.7 Å². The maximum absolute atomic E-state index is 13.6. The monoisotopic (exact) mass is 676 g/mol. The van der Waals surface area contributed by atoms with Crippen molar-refractivity contribution in [1.82, 2.24) is 9.80 Å². The molecule has 0 aliphatic rings. The lowest BCUT2D eigenvalue weighted by molar-refractivity contribution is 0.0728. The van der Waals surface area contributed by atoms with Gasteiger partial charge in [0.15, 0.2) is 0 Å². The largest absolute Gasteiger partial charge is 0.491 e. The van der Waals surface area contributed by atoms with E-state index in [2.05, 4.69) is 37.5 Å². The molecule has 262 valence electrons. The van der Waals surface area contributed by atoms with E-state index in [1.54, 1.807) is 30.3 Å². The highest BCUT2D eigenvalue weighted by Crippen LogP contribution is 2.31. The molecular formula is C42H48N2O6. The second-order valence-electron chi connectivity index (χ2n) is 12.2. The van der Waals surface area contributed by atoms with Gasteiger partial charge in [0.25, 0.3) is 0 Å². The fourth-order valence-electron chi connectivity index (χ4n) is 5.98. The van der Waals surface area contributed by atoms with Gasteiger partial charge in [-0.15, -0.1) is 0 Å². The highest BCUT2D eigenvalue weighted by atomic mass is 16.5. The third-order valence-corrected chi connectivity index (χ3v) is 8.67. The number of hydrogen-bond donors (Lipinski definition) is 0. The van der Waals surface area contributed by atoms with Gasteiger partial charge in [-0.2, -0.15) is 0 Å². The molecule has 0 N–H and O–H groups in total. The van der Waals surface area contributed by atoms with Gasteiger partial charge >= 0.3 is 11.9 Å². The van der Waals surface area contributed by atoms with Crippen molar-refractivity contribution in [1.29, 1.82) is 0 Å². The molecule has 0 fully saturated rings. The van der Waals surface area contributed by atoms with E-state index in [1.807, 2.05) is 60.7 Å². The van der Waals surface area contributed by atoms with Crippen molar-refractivity contribution < 1.29 is 28.5 Å². The number of benzene rings is 5. The van der Waals surface area contributed by atoms with Crippen LogP contribution in [0.4, 0.5) is 0 Å². The summed E-state index contributed by atoms with van der Waals surface area (Å²) in [5.74, 6) is 0.276. The van der Waals surface area contributed by atoms with Crippen LogP contribution in [-0.2, 0) is 0 Å². The fourth-order valence-corrected chi connectivity index (χ4v) is 5.98. The number of ether oxygens (including phenoxy) is 4. The van der Waals surface area contributed by atoms with Gasteiger partial charge in [0.05, 0.1) is 0 Å². The van der Waals surface area contributed by atoms with Gasteiger partial charge in [0.1, 0.15) is 47.3 Å². The molecule has 0 aliphatic heterocycles. The fraction of sp³-hybridized carbons (Fsp3) is 0.333.